The van der Waals surface area contributed by atoms with E-state index in [0.29, 0.717) is 30.6 Å². The van der Waals surface area contributed by atoms with E-state index in [4.69, 9.17) is 10.3 Å². The zero-order valence-corrected chi connectivity index (χ0v) is 13.2. The molecule has 1 fully saturated rings. The molecule has 1 saturated heterocycles. The first-order valence-corrected chi connectivity index (χ1v) is 7.69. The highest BCUT2D eigenvalue weighted by Crippen LogP contribution is 2.31. The Balaban J connectivity index is 2.07. The normalized spacial score (nSPS) is 18.6. The van der Waals surface area contributed by atoms with Crippen molar-refractivity contribution in [1.82, 2.24) is 15.0 Å². The molecule has 0 bridgehead atoms. The summed E-state index contributed by atoms with van der Waals surface area (Å²) >= 11 is 0. The lowest BCUT2D eigenvalue weighted by molar-refractivity contribution is -0.121. The molecule has 0 spiro atoms. The van der Waals surface area contributed by atoms with Crippen LogP contribution in [0.3, 0.4) is 0 Å². The Labute approximate surface area is 138 Å². The van der Waals surface area contributed by atoms with Crippen LogP contribution in [0.15, 0.2) is 29.0 Å². The van der Waals surface area contributed by atoms with Crippen molar-refractivity contribution in [2.24, 2.45) is 5.73 Å². The molecule has 3 rings (SSSR count). The van der Waals surface area contributed by atoms with Gasteiger partial charge in [0.15, 0.2) is 5.76 Å². The van der Waals surface area contributed by atoms with Gasteiger partial charge in [-0.3, -0.25) is 14.6 Å². The second-order valence-electron chi connectivity index (χ2n) is 5.75. The second kappa shape index (κ2) is 6.40. The summed E-state index contributed by atoms with van der Waals surface area (Å²) in [6, 6.07) is 2.79. The van der Waals surface area contributed by atoms with Gasteiger partial charge in [-0.2, -0.15) is 0 Å². The van der Waals surface area contributed by atoms with Crippen LogP contribution in [0.2, 0.25) is 0 Å². The molecule has 0 aromatic carbocycles. The Morgan fingerprint density at radius 1 is 1.50 bits per heavy atom. The van der Waals surface area contributed by atoms with Crippen molar-refractivity contribution >= 4 is 11.8 Å². The minimum atomic E-state index is -1.02. The molecule has 2 amide bonds. The van der Waals surface area contributed by atoms with Gasteiger partial charge in [0.05, 0.1) is 0 Å². The molecular formula is C16H18N4O4. The summed E-state index contributed by atoms with van der Waals surface area (Å²) in [5.74, 6) is -0.903. The number of aliphatic hydroxyl groups is 1. The van der Waals surface area contributed by atoms with E-state index in [2.05, 4.69) is 10.1 Å². The average molecular weight is 330 g/mol. The number of hydrogen-bond acceptors (Lipinski definition) is 6. The van der Waals surface area contributed by atoms with Crippen molar-refractivity contribution in [1.29, 1.82) is 0 Å². The van der Waals surface area contributed by atoms with Crippen LogP contribution in [-0.2, 0) is 4.79 Å². The molecule has 0 radical (unpaired) electrons. The maximum Gasteiger partial charge on any atom is 0.260 e. The Kier molecular flexibility index (Phi) is 4.30. The molecule has 0 unspecified atom stereocenters. The number of amides is 2. The number of rotatable bonds is 4. The van der Waals surface area contributed by atoms with E-state index >= 15 is 0 Å². The molecule has 3 N–H and O–H groups in total. The van der Waals surface area contributed by atoms with Gasteiger partial charge < -0.3 is 20.3 Å². The summed E-state index contributed by atoms with van der Waals surface area (Å²) in [7, 11) is 0. The molecule has 8 nitrogen and oxygen atoms in total. The van der Waals surface area contributed by atoms with E-state index < -0.39 is 24.0 Å². The molecule has 1 aliphatic rings. The molecule has 2 aromatic heterocycles. The quantitative estimate of drug-likeness (QED) is 0.858. The molecule has 126 valence electrons. The van der Waals surface area contributed by atoms with Crippen LogP contribution in [-0.4, -0.2) is 44.5 Å². The van der Waals surface area contributed by atoms with Gasteiger partial charge in [-0.1, -0.05) is 5.16 Å². The summed E-state index contributed by atoms with van der Waals surface area (Å²) in [5.41, 5.74) is 6.42. The minimum Gasteiger partial charge on any atom is -0.385 e. The van der Waals surface area contributed by atoms with Gasteiger partial charge in [0.25, 0.3) is 5.91 Å². The number of nitrogens with two attached hydrogens (primary N) is 1. The van der Waals surface area contributed by atoms with E-state index in [-0.39, 0.29) is 11.3 Å². The van der Waals surface area contributed by atoms with Crippen LogP contribution in [0.5, 0.6) is 0 Å². The molecule has 24 heavy (non-hydrogen) atoms. The summed E-state index contributed by atoms with van der Waals surface area (Å²) in [4.78, 5) is 30.0. The number of hydrogen-bond donors (Lipinski definition) is 2. The third kappa shape index (κ3) is 2.76. The maximum absolute atomic E-state index is 13.0. The van der Waals surface area contributed by atoms with E-state index in [1.54, 1.807) is 24.5 Å². The summed E-state index contributed by atoms with van der Waals surface area (Å²) in [6.07, 6.45) is 3.35. The maximum atomic E-state index is 13.0. The number of nitrogens with zero attached hydrogens (tertiary/aromatic N) is 3. The third-order valence-corrected chi connectivity index (χ3v) is 4.09. The zero-order chi connectivity index (χ0) is 17.3. The third-order valence-electron chi connectivity index (χ3n) is 4.09. The minimum absolute atomic E-state index is 0.0639. The largest absolute Gasteiger partial charge is 0.385 e. The fourth-order valence-electron chi connectivity index (χ4n) is 2.94. The van der Waals surface area contributed by atoms with Crippen molar-refractivity contribution in [2.75, 3.05) is 6.54 Å². The molecule has 8 heteroatoms. The summed E-state index contributed by atoms with van der Waals surface area (Å²) in [6.45, 7) is 1.91. The first-order valence-electron chi connectivity index (χ1n) is 7.69. The molecule has 3 heterocycles. The molecule has 0 aliphatic carbocycles. The van der Waals surface area contributed by atoms with Crippen molar-refractivity contribution in [3.63, 3.8) is 0 Å². The van der Waals surface area contributed by atoms with Gasteiger partial charge in [0.1, 0.15) is 23.4 Å². The summed E-state index contributed by atoms with van der Waals surface area (Å²) in [5, 5.41) is 13.9. The monoisotopic (exact) mass is 330 g/mol. The van der Waals surface area contributed by atoms with Gasteiger partial charge in [-0.25, -0.2) is 0 Å². The Bertz CT molecular complexity index is 757. The van der Waals surface area contributed by atoms with Crippen molar-refractivity contribution in [3.05, 3.63) is 35.9 Å². The average Bonchev–Trinajstić information content (AvgIpc) is 3.22. The van der Waals surface area contributed by atoms with Gasteiger partial charge in [0.2, 0.25) is 5.91 Å². The lowest BCUT2D eigenvalue weighted by Crippen LogP contribution is -2.44. The molecule has 2 atom stereocenters. The van der Waals surface area contributed by atoms with E-state index in [1.807, 2.05) is 0 Å². The van der Waals surface area contributed by atoms with E-state index in [1.165, 1.54) is 11.8 Å². The molecular weight excluding hydrogens is 312 g/mol. The lowest BCUT2D eigenvalue weighted by Gasteiger charge is -2.22. The SMILES string of the molecule is C[C@H](O)c1onc(-c2cccnc2)c1C(=O)N1CCC[C@H]1C(N)=O. The predicted molar refractivity (Wildman–Crippen MR) is 83.6 cm³/mol. The molecule has 1 aliphatic heterocycles. The number of aromatic nitrogens is 2. The highest BCUT2D eigenvalue weighted by molar-refractivity contribution is 6.03. The highest BCUT2D eigenvalue weighted by Gasteiger charge is 2.37. The van der Waals surface area contributed by atoms with Gasteiger partial charge >= 0.3 is 0 Å². The number of carbonyl (C=O) groups excluding carboxylic acids is 2. The van der Waals surface area contributed by atoms with Crippen molar-refractivity contribution in [3.8, 4) is 11.3 Å². The van der Waals surface area contributed by atoms with Crippen LogP contribution in [0, 0.1) is 0 Å². The highest BCUT2D eigenvalue weighted by atomic mass is 16.5. The van der Waals surface area contributed by atoms with E-state index in [9.17, 15) is 14.7 Å². The first kappa shape index (κ1) is 16.1. The molecule has 2 aromatic rings. The van der Waals surface area contributed by atoms with Crippen LogP contribution in [0.4, 0.5) is 0 Å². The van der Waals surface area contributed by atoms with Gasteiger partial charge in [0, 0.05) is 24.5 Å². The smallest absolute Gasteiger partial charge is 0.260 e. The van der Waals surface area contributed by atoms with Crippen LogP contribution < -0.4 is 5.73 Å². The fraction of sp³-hybridized carbons (Fsp3) is 0.375. The van der Waals surface area contributed by atoms with Crippen molar-refractivity contribution in [2.45, 2.75) is 31.9 Å². The van der Waals surface area contributed by atoms with Crippen molar-refractivity contribution < 1.29 is 19.2 Å². The van der Waals surface area contributed by atoms with Gasteiger partial charge in [-0.15, -0.1) is 0 Å². The summed E-state index contributed by atoms with van der Waals surface area (Å²) < 4.78 is 5.20. The number of primary amides is 1. The predicted octanol–water partition coefficient (Wildman–Crippen LogP) is 0.880. The van der Waals surface area contributed by atoms with Gasteiger partial charge in [-0.05, 0) is 31.9 Å². The molecule has 0 saturated carbocycles. The first-order chi connectivity index (χ1) is 11.5. The number of aliphatic hydroxyl groups excluding tert-OH is 1. The van der Waals surface area contributed by atoms with Crippen LogP contribution >= 0.6 is 0 Å². The number of pyridine rings is 1. The topological polar surface area (TPSA) is 123 Å². The second-order valence-corrected chi connectivity index (χ2v) is 5.75. The van der Waals surface area contributed by atoms with Crippen LogP contribution in [0.1, 0.15) is 42.0 Å². The Hall–Kier alpha value is -2.74. The van der Waals surface area contributed by atoms with E-state index in [0.717, 1.165) is 0 Å². The Morgan fingerprint density at radius 3 is 2.92 bits per heavy atom. The Morgan fingerprint density at radius 2 is 2.29 bits per heavy atom. The zero-order valence-electron chi connectivity index (χ0n) is 13.2. The number of likely N-dealkylation sites (tertiary alicyclic amines) is 1. The standard InChI is InChI=1S/C16H18N4O4/c1-9(21)14-12(13(19-24-14)10-4-2-6-18-8-10)16(23)20-7-3-5-11(20)15(17)22/h2,4,6,8-9,11,21H,3,5,7H2,1H3,(H2,17,22)/t9-,11-/m0/s1. The number of carbonyl (C=O) groups is 2. The lowest BCUT2D eigenvalue weighted by atomic mass is 10.0. The van der Waals surface area contributed by atoms with Crippen LogP contribution in [0.25, 0.3) is 11.3 Å². The fourth-order valence-corrected chi connectivity index (χ4v) is 2.94.